The molecule has 57 heavy (non-hydrogen) atoms. The molecule has 0 radical (unpaired) electrons. The molecular formula is C37H59N7O13. The molecule has 320 valence electrons. The van der Waals surface area contributed by atoms with Gasteiger partial charge in [0, 0.05) is 26.5 Å². The number of benzene rings is 1. The van der Waals surface area contributed by atoms with Crippen molar-refractivity contribution in [2.24, 2.45) is 11.7 Å². The number of methoxy groups -OCH3 is 1. The van der Waals surface area contributed by atoms with E-state index in [2.05, 4.69) is 31.9 Å². The number of carboxylic acid groups (broad SMARTS) is 1. The number of rotatable bonds is 33. The summed E-state index contributed by atoms with van der Waals surface area (Å²) in [4.78, 5) is 86.0. The number of hydrogen-bond acceptors (Lipinski definition) is 13. The van der Waals surface area contributed by atoms with Crippen LogP contribution in [-0.4, -0.2) is 151 Å². The second-order valence-electron chi connectivity index (χ2n) is 13.1. The quantitative estimate of drug-likeness (QED) is 0.0274. The van der Waals surface area contributed by atoms with Crippen LogP contribution in [0.3, 0.4) is 0 Å². The van der Waals surface area contributed by atoms with Gasteiger partial charge in [-0.15, -0.1) is 0 Å². The zero-order chi connectivity index (χ0) is 41.7. The minimum absolute atomic E-state index is 0.0816. The smallest absolute Gasteiger partial charge is 0.333 e. The van der Waals surface area contributed by atoms with Crippen LogP contribution in [0.5, 0.6) is 0 Å². The highest BCUT2D eigenvalue weighted by atomic mass is 16.6. The van der Waals surface area contributed by atoms with Crippen molar-refractivity contribution in [2.75, 3.05) is 86.3 Å². The van der Waals surface area contributed by atoms with Crippen LogP contribution >= 0.6 is 0 Å². The average Bonchev–Trinajstić information content (AvgIpc) is 4.04. The number of nitrogens with two attached hydrogens (primary N) is 1. The molecule has 20 nitrogen and oxygen atoms in total. The predicted octanol–water partition coefficient (Wildman–Crippen LogP) is -2.28. The average molecular weight is 810 g/mol. The summed E-state index contributed by atoms with van der Waals surface area (Å²) < 4.78 is 26.1. The van der Waals surface area contributed by atoms with Crippen molar-refractivity contribution < 1.29 is 62.4 Å². The molecular weight excluding hydrogens is 750 g/mol. The van der Waals surface area contributed by atoms with E-state index >= 15 is 0 Å². The first kappa shape index (κ1) is 48.4. The summed E-state index contributed by atoms with van der Waals surface area (Å²) in [5, 5.41) is 24.2. The monoisotopic (exact) mass is 809 g/mol. The first-order valence-corrected chi connectivity index (χ1v) is 19.0. The lowest BCUT2D eigenvalue weighted by Crippen LogP contribution is -2.52. The Kier molecular flexibility index (Phi) is 25.1. The number of hydrogen-bond donors (Lipinski definition) is 8. The van der Waals surface area contributed by atoms with Crippen LogP contribution in [-0.2, 0) is 63.7 Å². The fourth-order valence-electron chi connectivity index (χ4n) is 5.00. The Morgan fingerprint density at radius 1 is 0.719 bits per heavy atom. The summed E-state index contributed by atoms with van der Waals surface area (Å²) in [6, 6.07) is 6.82. The lowest BCUT2D eigenvalue weighted by Gasteiger charge is -2.19. The van der Waals surface area contributed by atoms with Crippen molar-refractivity contribution in [2.45, 2.75) is 63.1 Å². The normalized spacial score (nSPS) is 13.7. The van der Waals surface area contributed by atoms with Crippen molar-refractivity contribution in [3.8, 4) is 0 Å². The van der Waals surface area contributed by atoms with Crippen LogP contribution in [0.25, 0.3) is 0 Å². The van der Waals surface area contributed by atoms with Crippen molar-refractivity contribution in [1.29, 1.82) is 0 Å². The van der Waals surface area contributed by atoms with Gasteiger partial charge in [0.25, 0.3) is 0 Å². The summed E-state index contributed by atoms with van der Waals surface area (Å²) in [5.41, 5.74) is 6.67. The Labute approximate surface area is 332 Å². The predicted molar refractivity (Wildman–Crippen MR) is 203 cm³/mol. The Morgan fingerprint density at radius 2 is 1.32 bits per heavy atom. The fourth-order valence-corrected chi connectivity index (χ4v) is 5.00. The Morgan fingerprint density at radius 3 is 1.95 bits per heavy atom. The molecule has 6 amide bonds. The van der Waals surface area contributed by atoms with Crippen LogP contribution in [0.4, 0.5) is 0 Å². The highest BCUT2D eigenvalue weighted by molar-refractivity contribution is 5.93. The molecule has 0 saturated heterocycles. The second-order valence-corrected chi connectivity index (χ2v) is 13.1. The first-order valence-electron chi connectivity index (χ1n) is 19.0. The lowest BCUT2D eigenvalue weighted by atomic mass is 10.1. The number of aliphatic carboxylic acids is 1. The Bertz CT molecular complexity index is 1380. The molecule has 1 fully saturated rings. The maximum atomic E-state index is 13.0. The number of carbonyl (C=O) groups excluding carboxylic acids is 6. The number of unbranched alkanes of at least 4 members (excludes halogenated alkanes) is 1. The standard InChI is InChI=1S/C37H59N7O13/c1-53-15-16-55-19-20-56-18-17-54-14-12-30(45)39-13-6-5-9-28(38)35(49)41-22-31(46)40-24-33(48)44-29(21-26-7-3-2-4-8-26)36(50)42-23-32(47)43-25-57-34(37(51)52)27-10-11-27/h2-4,7-8,27-29,34H,5-6,9-25,38H2,1H3,(H,39,45)(H,40,46)(H,41,49)(H,42,50)(H,43,47)(H,44,48)(H,51,52)/t28-,29-,34-/m0/s1. The van der Waals surface area contributed by atoms with Crippen LogP contribution in [0.2, 0.25) is 0 Å². The Hall–Kier alpha value is -4.73. The van der Waals surface area contributed by atoms with E-state index in [0.29, 0.717) is 65.4 Å². The third kappa shape index (κ3) is 23.8. The van der Waals surface area contributed by atoms with Gasteiger partial charge in [-0.25, -0.2) is 4.79 Å². The largest absolute Gasteiger partial charge is 0.479 e. The van der Waals surface area contributed by atoms with Crippen molar-refractivity contribution >= 4 is 41.4 Å². The highest BCUT2D eigenvalue weighted by Gasteiger charge is 2.37. The van der Waals surface area contributed by atoms with Gasteiger partial charge in [0.2, 0.25) is 35.4 Å². The number of carboxylic acids is 1. The van der Waals surface area contributed by atoms with E-state index in [9.17, 15) is 38.7 Å². The van der Waals surface area contributed by atoms with Gasteiger partial charge in [-0.3, -0.25) is 28.8 Å². The number of nitrogens with one attached hydrogen (secondary N) is 6. The van der Waals surface area contributed by atoms with E-state index in [0.717, 1.165) is 18.4 Å². The zero-order valence-electron chi connectivity index (χ0n) is 32.6. The van der Waals surface area contributed by atoms with Gasteiger partial charge in [0.15, 0.2) is 6.10 Å². The molecule has 1 saturated carbocycles. The van der Waals surface area contributed by atoms with Crippen molar-refractivity contribution in [3.63, 3.8) is 0 Å². The maximum Gasteiger partial charge on any atom is 0.333 e. The van der Waals surface area contributed by atoms with Gasteiger partial charge in [-0.05, 0) is 43.6 Å². The summed E-state index contributed by atoms with van der Waals surface area (Å²) in [6.07, 6.45) is 2.20. The number of amides is 6. The van der Waals surface area contributed by atoms with Gasteiger partial charge in [-0.1, -0.05) is 30.3 Å². The van der Waals surface area contributed by atoms with E-state index in [-0.39, 0.29) is 38.0 Å². The molecule has 1 aliphatic rings. The van der Waals surface area contributed by atoms with Crippen LogP contribution in [0.15, 0.2) is 30.3 Å². The molecule has 1 aromatic rings. The fraction of sp³-hybridized carbons (Fsp3) is 0.649. The molecule has 9 N–H and O–H groups in total. The molecule has 0 unspecified atom stereocenters. The van der Waals surface area contributed by atoms with Crippen molar-refractivity contribution in [1.82, 2.24) is 31.9 Å². The zero-order valence-corrected chi connectivity index (χ0v) is 32.6. The second kappa shape index (κ2) is 29.5. The molecule has 1 aromatic carbocycles. The third-order valence-corrected chi connectivity index (χ3v) is 8.30. The molecule has 20 heteroatoms. The van der Waals surface area contributed by atoms with Crippen molar-refractivity contribution in [3.05, 3.63) is 35.9 Å². The van der Waals surface area contributed by atoms with Gasteiger partial charge in [0.1, 0.15) is 12.8 Å². The number of ether oxygens (including phenoxy) is 5. The van der Waals surface area contributed by atoms with E-state index < -0.39 is 73.3 Å². The first-order chi connectivity index (χ1) is 27.5. The van der Waals surface area contributed by atoms with Gasteiger partial charge < -0.3 is 66.4 Å². The molecule has 0 aliphatic heterocycles. The molecule has 2 rings (SSSR count). The molecule has 1 aliphatic carbocycles. The van der Waals surface area contributed by atoms with Gasteiger partial charge in [0.05, 0.1) is 71.9 Å². The minimum Gasteiger partial charge on any atom is -0.479 e. The summed E-state index contributed by atoms with van der Waals surface area (Å²) >= 11 is 0. The molecule has 0 heterocycles. The van der Waals surface area contributed by atoms with Crippen LogP contribution in [0, 0.1) is 5.92 Å². The maximum absolute atomic E-state index is 13.0. The van der Waals surface area contributed by atoms with E-state index in [1.54, 1.807) is 37.4 Å². The SMILES string of the molecule is COCCOCCOCCOCCC(=O)NCCCC[C@H](N)C(=O)NCC(=O)NCC(=O)N[C@@H](Cc1ccccc1)C(=O)NCC(=O)NCO[C@H](C(=O)O)C1CC1. The van der Waals surface area contributed by atoms with E-state index in [4.69, 9.17) is 29.4 Å². The summed E-state index contributed by atoms with van der Waals surface area (Å²) in [7, 11) is 1.60. The molecule has 0 spiro atoms. The van der Waals surface area contributed by atoms with Crippen LogP contribution < -0.4 is 37.6 Å². The molecule has 0 bridgehead atoms. The van der Waals surface area contributed by atoms with Gasteiger partial charge in [-0.2, -0.15) is 0 Å². The van der Waals surface area contributed by atoms with E-state index in [1.165, 1.54) is 0 Å². The topological polar surface area (TPSA) is 284 Å². The van der Waals surface area contributed by atoms with E-state index in [1.807, 2.05) is 0 Å². The molecule has 0 aromatic heterocycles. The van der Waals surface area contributed by atoms with Gasteiger partial charge >= 0.3 is 5.97 Å². The molecule has 3 atom stereocenters. The summed E-state index contributed by atoms with van der Waals surface area (Å²) in [5.74, 6) is -4.57. The number of carbonyl (C=O) groups is 7. The highest BCUT2D eigenvalue weighted by Crippen LogP contribution is 2.34. The van der Waals surface area contributed by atoms with Crippen LogP contribution in [0.1, 0.15) is 44.1 Å². The summed E-state index contributed by atoms with van der Waals surface area (Å²) in [6.45, 7) is 1.64. The Balaban J connectivity index is 1.59. The minimum atomic E-state index is -1.11. The third-order valence-electron chi connectivity index (χ3n) is 8.30. The lowest BCUT2D eigenvalue weighted by molar-refractivity contribution is -0.153.